The highest BCUT2D eigenvalue weighted by Crippen LogP contribution is 2.27. The summed E-state index contributed by atoms with van der Waals surface area (Å²) in [6.45, 7) is 0.499. The van der Waals surface area contributed by atoms with E-state index in [4.69, 9.17) is 9.47 Å². The van der Waals surface area contributed by atoms with Crippen molar-refractivity contribution < 1.29 is 14.3 Å². The van der Waals surface area contributed by atoms with Crippen molar-refractivity contribution in [3.8, 4) is 22.9 Å². The van der Waals surface area contributed by atoms with Gasteiger partial charge in [0.05, 0.1) is 25.5 Å². The van der Waals surface area contributed by atoms with Crippen molar-refractivity contribution in [1.29, 1.82) is 0 Å². The molecule has 2 heterocycles. The molecule has 0 fully saturated rings. The van der Waals surface area contributed by atoms with Crippen LogP contribution in [0.15, 0.2) is 46.5 Å². The molecule has 0 bridgehead atoms. The first kappa shape index (κ1) is 22.4. The van der Waals surface area contributed by atoms with E-state index in [2.05, 4.69) is 15.5 Å². The van der Waals surface area contributed by atoms with Gasteiger partial charge in [-0.1, -0.05) is 17.8 Å². The quantitative estimate of drug-likeness (QED) is 0.502. The average molecular weight is 444 g/mol. The fourth-order valence-electron chi connectivity index (χ4n) is 3.01. The number of pyridine rings is 1. The van der Waals surface area contributed by atoms with E-state index in [1.165, 1.54) is 16.3 Å². The molecule has 0 aliphatic carbocycles. The second kappa shape index (κ2) is 10.2. The van der Waals surface area contributed by atoms with Gasteiger partial charge in [-0.3, -0.25) is 9.59 Å². The van der Waals surface area contributed by atoms with Crippen LogP contribution in [-0.4, -0.2) is 51.8 Å². The molecule has 10 heteroatoms. The number of thioether (sulfide) groups is 1. The summed E-state index contributed by atoms with van der Waals surface area (Å²) in [5, 5.41) is 11.7. The molecule has 0 atom stereocenters. The zero-order chi connectivity index (χ0) is 22.4. The number of aromatic nitrogens is 4. The number of hydrogen-bond donors (Lipinski definition) is 1. The summed E-state index contributed by atoms with van der Waals surface area (Å²) in [5.41, 5.74) is 1.35. The molecule has 0 saturated carbocycles. The summed E-state index contributed by atoms with van der Waals surface area (Å²) in [4.78, 5) is 24.5. The van der Waals surface area contributed by atoms with Crippen molar-refractivity contribution in [2.24, 2.45) is 14.1 Å². The van der Waals surface area contributed by atoms with Gasteiger partial charge in [-0.05, 0) is 36.2 Å². The predicted octanol–water partition coefficient (Wildman–Crippen LogP) is 1.65. The van der Waals surface area contributed by atoms with E-state index < -0.39 is 0 Å². The van der Waals surface area contributed by atoms with Gasteiger partial charge in [0, 0.05) is 26.8 Å². The van der Waals surface area contributed by atoms with Gasteiger partial charge in [0.2, 0.25) is 5.91 Å². The minimum absolute atomic E-state index is 0.106. The summed E-state index contributed by atoms with van der Waals surface area (Å²) in [6.07, 6.45) is 2.35. The molecular formula is C21H25N5O4S. The van der Waals surface area contributed by atoms with Crippen LogP contribution in [0.3, 0.4) is 0 Å². The van der Waals surface area contributed by atoms with Crippen LogP contribution in [0.25, 0.3) is 11.4 Å². The maximum Gasteiger partial charge on any atom is 0.261 e. The zero-order valence-electron chi connectivity index (χ0n) is 17.9. The molecule has 1 aromatic carbocycles. The molecule has 0 aliphatic heterocycles. The third-order valence-electron chi connectivity index (χ3n) is 4.72. The highest BCUT2D eigenvalue weighted by Gasteiger charge is 2.15. The van der Waals surface area contributed by atoms with Crippen LogP contribution in [-0.2, 0) is 25.3 Å². The van der Waals surface area contributed by atoms with E-state index in [9.17, 15) is 9.59 Å². The smallest absolute Gasteiger partial charge is 0.261 e. The molecule has 3 rings (SSSR count). The third kappa shape index (κ3) is 5.26. The second-order valence-electron chi connectivity index (χ2n) is 6.78. The minimum Gasteiger partial charge on any atom is -0.493 e. The highest BCUT2D eigenvalue weighted by molar-refractivity contribution is 7.99. The van der Waals surface area contributed by atoms with Crippen molar-refractivity contribution in [2.45, 2.75) is 11.6 Å². The summed E-state index contributed by atoms with van der Waals surface area (Å²) in [5.74, 6) is 1.89. The van der Waals surface area contributed by atoms with Crippen LogP contribution in [0.1, 0.15) is 5.56 Å². The third-order valence-corrected chi connectivity index (χ3v) is 5.74. The maximum absolute atomic E-state index is 12.3. The molecule has 0 spiro atoms. The van der Waals surface area contributed by atoms with E-state index in [0.29, 0.717) is 41.0 Å². The highest BCUT2D eigenvalue weighted by atomic mass is 32.2. The fourth-order valence-corrected chi connectivity index (χ4v) is 3.75. The zero-order valence-corrected chi connectivity index (χ0v) is 18.7. The molecule has 2 aromatic heterocycles. The lowest BCUT2D eigenvalue weighted by Gasteiger charge is -2.10. The van der Waals surface area contributed by atoms with Gasteiger partial charge in [0.15, 0.2) is 22.5 Å². The lowest BCUT2D eigenvalue weighted by molar-refractivity contribution is -0.118. The normalized spacial score (nSPS) is 10.7. The first-order chi connectivity index (χ1) is 14.9. The van der Waals surface area contributed by atoms with E-state index >= 15 is 0 Å². The number of nitrogens with zero attached hydrogens (tertiary/aromatic N) is 4. The van der Waals surface area contributed by atoms with Crippen LogP contribution in [0.5, 0.6) is 11.5 Å². The van der Waals surface area contributed by atoms with Crippen molar-refractivity contribution in [2.75, 3.05) is 26.5 Å². The van der Waals surface area contributed by atoms with Gasteiger partial charge >= 0.3 is 0 Å². The Morgan fingerprint density at radius 2 is 1.90 bits per heavy atom. The summed E-state index contributed by atoms with van der Waals surface area (Å²) < 4.78 is 13.7. The number of nitrogens with one attached hydrogen (secondary N) is 1. The largest absolute Gasteiger partial charge is 0.493 e. The van der Waals surface area contributed by atoms with Crippen LogP contribution >= 0.6 is 11.8 Å². The van der Waals surface area contributed by atoms with Crippen molar-refractivity contribution in [1.82, 2.24) is 24.6 Å². The van der Waals surface area contributed by atoms with E-state index in [0.717, 1.165) is 5.56 Å². The molecule has 9 nitrogen and oxygen atoms in total. The van der Waals surface area contributed by atoms with Crippen molar-refractivity contribution >= 4 is 17.7 Å². The van der Waals surface area contributed by atoms with E-state index in [1.807, 2.05) is 18.2 Å². The number of methoxy groups -OCH3 is 2. The molecule has 1 N–H and O–H groups in total. The predicted molar refractivity (Wildman–Crippen MR) is 119 cm³/mol. The number of rotatable bonds is 9. The summed E-state index contributed by atoms with van der Waals surface area (Å²) >= 11 is 1.27. The Bertz CT molecular complexity index is 1130. The van der Waals surface area contributed by atoms with Gasteiger partial charge in [-0.15, -0.1) is 10.2 Å². The van der Waals surface area contributed by atoms with Gasteiger partial charge < -0.3 is 23.9 Å². The number of carbonyl (C=O) groups excluding carboxylic acids is 1. The molecule has 0 saturated heterocycles. The standard InChI is InChI=1S/C21H25N5O4S/c1-25-11-5-6-15(20(25)28)19-23-24-21(26(19)2)31-13-18(27)22-10-9-14-7-8-16(29-3)17(12-14)30-4/h5-8,11-12H,9-10,13H2,1-4H3,(H,22,27). The van der Waals surface area contributed by atoms with Crippen LogP contribution in [0.4, 0.5) is 0 Å². The van der Waals surface area contributed by atoms with Crippen molar-refractivity contribution in [3.63, 3.8) is 0 Å². The molecule has 0 radical (unpaired) electrons. The molecule has 31 heavy (non-hydrogen) atoms. The Balaban J connectivity index is 1.53. The monoisotopic (exact) mass is 443 g/mol. The van der Waals surface area contributed by atoms with E-state index in [1.54, 1.807) is 51.2 Å². The molecule has 164 valence electrons. The van der Waals surface area contributed by atoms with Crippen LogP contribution in [0, 0.1) is 0 Å². The van der Waals surface area contributed by atoms with Crippen molar-refractivity contribution in [3.05, 3.63) is 52.4 Å². The fraction of sp³-hybridized carbons (Fsp3) is 0.333. The van der Waals surface area contributed by atoms with Gasteiger partial charge in [-0.2, -0.15) is 0 Å². The Morgan fingerprint density at radius 1 is 1.13 bits per heavy atom. The number of ether oxygens (including phenoxy) is 2. The lowest BCUT2D eigenvalue weighted by atomic mass is 10.1. The summed E-state index contributed by atoms with van der Waals surface area (Å²) in [7, 11) is 6.65. The Hall–Kier alpha value is -3.27. The number of benzene rings is 1. The van der Waals surface area contributed by atoms with Gasteiger partial charge in [-0.25, -0.2) is 0 Å². The first-order valence-corrected chi connectivity index (χ1v) is 10.6. The number of hydrogen-bond acceptors (Lipinski definition) is 7. The molecule has 0 aliphatic rings. The van der Waals surface area contributed by atoms with Gasteiger partial charge in [0.1, 0.15) is 0 Å². The average Bonchev–Trinajstić information content (AvgIpc) is 3.14. The minimum atomic E-state index is -0.151. The Kier molecular flexibility index (Phi) is 7.35. The molecule has 1 amide bonds. The SMILES string of the molecule is COc1ccc(CCNC(=O)CSc2nnc(-c3cccn(C)c3=O)n2C)cc1OC. The Morgan fingerprint density at radius 3 is 2.65 bits per heavy atom. The van der Waals surface area contributed by atoms with Crippen LogP contribution < -0.4 is 20.3 Å². The molecule has 0 unspecified atom stereocenters. The number of carbonyl (C=O) groups is 1. The van der Waals surface area contributed by atoms with E-state index in [-0.39, 0.29) is 17.2 Å². The maximum atomic E-state index is 12.3. The lowest BCUT2D eigenvalue weighted by Crippen LogP contribution is -2.27. The number of amides is 1. The molecule has 3 aromatic rings. The second-order valence-corrected chi connectivity index (χ2v) is 7.72. The van der Waals surface area contributed by atoms with Gasteiger partial charge in [0.25, 0.3) is 5.56 Å². The van der Waals surface area contributed by atoms with Crippen LogP contribution in [0.2, 0.25) is 0 Å². The first-order valence-electron chi connectivity index (χ1n) is 9.60. The number of aryl methyl sites for hydroxylation is 1. The Labute approximate surface area is 184 Å². The topological polar surface area (TPSA) is 100 Å². The summed E-state index contributed by atoms with van der Waals surface area (Å²) in [6, 6.07) is 9.18. The molecular weight excluding hydrogens is 418 g/mol.